The molecular weight excluding hydrogens is 450 g/mol. The number of unbranched alkanes of at least 4 members (excludes halogenated alkanes) is 1. The maximum atomic E-state index is 14.0. The Bertz CT molecular complexity index is 1360. The van der Waals surface area contributed by atoms with E-state index in [9.17, 15) is 4.79 Å². The van der Waals surface area contributed by atoms with Gasteiger partial charge < -0.3 is 4.74 Å². The lowest BCUT2D eigenvalue weighted by Crippen LogP contribution is -2.30. The van der Waals surface area contributed by atoms with Crippen LogP contribution in [0.5, 0.6) is 5.75 Å². The number of benzene rings is 1. The van der Waals surface area contributed by atoms with Gasteiger partial charge in [0.25, 0.3) is 5.56 Å². The molecule has 3 aromatic heterocycles. The van der Waals surface area contributed by atoms with Crippen LogP contribution in [0.3, 0.4) is 0 Å². The molecule has 7 nitrogen and oxygen atoms in total. The number of rotatable bonds is 10. The molecule has 0 spiro atoms. The quantitative estimate of drug-likeness (QED) is 0.306. The monoisotopic (exact) mass is 481 g/mol. The Morgan fingerprint density at radius 3 is 2.39 bits per heavy atom. The zero-order chi connectivity index (χ0) is 24.9. The minimum atomic E-state index is -0.0886. The molecule has 1 aromatic carbocycles. The first kappa shape index (κ1) is 23.9. The van der Waals surface area contributed by atoms with Gasteiger partial charge in [-0.25, -0.2) is 19.5 Å². The van der Waals surface area contributed by atoms with Crippen LogP contribution in [0.15, 0.2) is 65.8 Å². The van der Waals surface area contributed by atoms with Crippen molar-refractivity contribution in [3.8, 4) is 23.0 Å². The molecule has 4 aromatic rings. The minimum absolute atomic E-state index is 0.0886. The van der Waals surface area contributed by atoms with Crippen LogP contribution in [-0.2, 0) is 12.8 Å². The maximum Gasteiger partial charge on any atom is 0.264 e. The molecule has 5 rings (SSSR count). The van der Waals surface area contributed by atoms with Gasteiger partial charge in [0.2, 0.25) is 5.95 Å². The molecule has 184 valence electrons. The summed E-state index contributed by atoms with van der Waals surface area (Å²) in [4.78, 5) is 32.6. The van der Waals surface area contributed by atoms with E-state index in [4.69, 9.17) is 9.72 Å². The van der Waals surface area contributed by atoms with Gasteiger partial charge >= 0.3 is 0 Å². The Morgan fingerprint density at radius 1 is 0.972 bits per heavy atom. The highest BCUT2D eigenvalue weighted by atomic mass is 16.5. The van der Waals surface area contributed by atoms with E-state index in [1.54, 1.807) is 17.0 Å². The van der Waals surface area contributed by atoms with Gasteiger partial charge in [-0.2, -0.15) is 0 Å². The topological polar surface area (TPSA) is 82.8 Å². The number of aryl methyl sites for hydroxylation is 1. The summed E-state index contributed by atoms with van der Waals surface area (Å²) in [6.45, 7) is 4.60. The molecule has 7 heteroatoms. The van der Waals surface area contributed by atoms with Gasteiger partial charge in [0.1, 0.15) is 5.82 Å². The normalized spacial score (nSPS) is 13.1. The van der Waals surface area contributed by atoms with Crippen molar-refractivity contribution in [1.29, 1.82) is 0 Å². The Balaban J connectivity index is 1.55. The second kappa shape index (κ2) is 10.8. The predicted molar refractivity (Wildman–Crippen MR) is 140 cm³/mol. The third-order valence-electron chi connectivity index (χ3n) is 6.40. The summed E-state index contributed by atoms with van der Waals surface area (Å²) in [6.07, 6.45) is 10.4. The fraction of sp³-hybridized carbons (Fsp3) is 0.345. The molecule has 0 amide bonds. The molecule has 0 bridgehead atoms. The predicted octanol–water partition coefficient (Wildman–Crippen LogP) is 5.29. The highest BCUT2D eigenvalue weighted by Crippen LogP contribution is 2.39. The van der Waals surface area contributed by atoms with Gasteiger partial charge in [-0.05, 0) is 44.2 Å². The molecule has 0 N–H and O–H groups in total. The lowest BCUT2D eigenvalue weighted by molar-refractivity contribution is 0.337. The first-order valence-electron chi connectivity index (χ1n) is 12.8. The third-order valence-corrected chi connectivity index (χ3v) is 6.40. The molecule has 36 heavy (non-hydrogen) atoms. The van der Waals surface area contributed by atoms with E-state index in [1.165, 1.54) is 0 Å². The highest BCUT2D eigenvalue weighted by Gasteiger charge is 2.31. The van der Waals surface area contributed by atoms with Crippen molar-refractivity contribution in [2.45, 2.75) is 58.3 Å². The molecule has 0 unspecified atom stereocenters. The summed E-state index contributed by atoms with van der Waals surface area (Å²) in [7, 11) is 0. The second-order valence-electron chi connectivity index (χ2n) is 9.16. The van der Waals surface area contributed by atoms with Crippen LogP contribution in [-0.4, -0.2) is 31.1 Å². The van der Waals surface area contributed by atoms with E-state index in [2.05, 4.69) is 21.9 Å². The summed E-state index contributed by atoms with van der Waals surface area (Å²) in [6, 6.07) is 14.1. The zero-order valence-electron chi connectivity index (χ0n) is 20.9. The average molecular weight is 482 g/mol. The fourth-order valence-corrected chi connectivity index (χ4v) is 4.33. The number of aromatic nitrogens is 5. The van der Waals surface area contributed by atoms with Crippen LogP contribution in [0.1, 0.15) is 68.1 Å². The zero-order valence-corrected chi connectivity index (χ0v) is 20.9. The van der Waals surface area contributed by atoms with E-state index in [0.29, 0.717) is 30.3 Å². The Labute approximate surface area is 211 Å². The molecular formula is C29H31N5O2. The maximum absolute atomic E-state index is 14.0. The standard InChI is InChI=1S/C29H31N5O2/c1-3-5-11-26-24(16-20-12-15-25(30-17-20)21-9-7-6-8-10-21)28(35)34(27(33-26)22-13-14-22)29-31-18-23(19-32-29)36-4-2/h6-10,12,15,17-19,22H,3-5,11,13-14,16H2,1-2H3. The van der Waals surface area contributed by atoms with Crippen molar-refractivity contribution in [3.63, 3.8) is 0 Å². The number of pyridine rings is 1. The molecule has 1 saturated carbocycles. The molecule has 0 atom stereocenters. The lowest BCUT2D eigenvalue weighted by Gasteiger charge is -2.16. The van der Waals surface area contributed by atoms with E-state index in [-0.39, 0.29) is 11.5 Å². The smallest absolute Gasteiger partial charge is 0.264 e. The van der Waals surface area contributed by atoms with Crippen molar-refractivity contribution in [2.75, 3.05) is 6.61 Å². The van der Waals surface area contributed by atoms with Crippen molar-refractivity contribution in [1.82, 2.24) is 24.5 Å². The van der Waals surface area contributed by atoms with Gasteiger partial charge in [0.15, 0.2) is 5.75 Å². The van der Waals surface area contributed by atoms with E-state index < -0.39 is 0 Å². The van der Waals surface area contributed by atoms with Gasteiger partial charge in [-0.3, -0.25) is 9.78 Å². The molecule has 3 heterocycles. The lowest BCUT2D eigenvalue weighted by atomic mass is 10.0. The van der Waals surface area contributed by atoms with Gasteiger partial charge in [-0.1, -0.05) is 49.7 Å². The van der Waals surface area contributed by atoms with Gasteiger partial charge in [-0.15, -0.1) is 0 Å². The summed E-state index contributed by atoms with van der Waals surface area (Å²) in [5, 5.41) is 0. The van der Waals surface area contributed by atoms with Crippen LogP contribution in [0.2, 0.25) is 0 Å². The number of ether oxygens (including phenoxy) is 1. The summed E-state index contributed by atoms with van der Waals surface area (Å²) >= 11 is 0. The van der Waals surface area contributed by atoms with E-state index in [0.717, 1.165) is 60.4 Å². The molecule has 0 aliphatic heterocycles. The molecule has 1 aliphatic carbocycles. The van der Waals surface area contributed by atoms with Crippen LogP contribution in [0.25, 0.3) is 17.2 Å². The second-order valence-corrected chi connectivity index (χ2v) is 9.16. The van der Waals surface area contributed by atoms with Crippen LogP contribution in [0.4, 0.5) is 0 Å². The Hall–Kier alpha value is -3.87. The largest absolute Gasteiger partial charge is 0.491 e. The van der Waals surface area contributed by atoms with Crippen LogP contribution in [0, 0.1) is 0 Å². The molecule has 1 fully saturated rings. The highest BCUT2D eigenvalue weighted by molar-refractivity contribution is 5.58. The Morgan fingerprint density at radius 2 is 1.75 bits per heavy atom. The SMILES string of the molecule is CCCCc1nc(C2CC2)n(-c2ncc(OCC)cn2)c(=O)c1Cc1ccc(-c2ccccc2)nc1. The first-order valence-corrected chi connectivity index (χ1v) is 12.8. The van der Waals surface area contributed by atoms with E-state index >= 15 is 0 Å². The first-order chi connectivity index (χ1) is 17.7. The third kappa shape index (κ3) is 5.20. The number of nitrogens with zero attached hydrogens (tertiary/aromatic N) is 5. The minimum Gasteiger partial charge on any atom is -0.491 e. The van der Waals surface area contributed by atoms with Crippen molar-refractivity contribution < 1.29 is 4.74 Å². The molecule has 0 radical (unpaired) electrons. The summed E-state index contributed by atoms with van der Waals surface area (Å²) < 4.78 is 7.10. The van der Waals surface area contributed by atoms with Crippen molar-refractivity contribution in [3.05, 3.63) is 94.1 Å². The van der Waals surface area contributed by atoms with Crippen LogP contribution < -0.4 is 10.3 Å². The summed E-state index contributed by atoms with van der Waals surface area (Å²) in [5.74, 6) is 1.98. The average Bonchev–Trinajstić information content (AvgIpc) is 3.76. The van der Waals surface area contributed by atoms with Gasteiger partial charge in [0.05, 0.1) is 30.4 Å². The number of hydrogen-bond acceptors (Lipinski definition) is 6. The van der Waals surface area contributed by atoms with Gasteiger partial charge in [0, 0.05) is 29.7 Å². The number of hydrogen-bond donors (Lipinski definition) is 0. The Kier molecular flexibility index (Phi) is 7.16. The molecule has 1 aliphatic rings. The molecule has 0 saturated heterocycles. The summed E-state index contributed by atoms with van der Waals surface area (Å²) in [5.41, 5.74) is 4.45. The van der Waals surface area contributed by atoms with Crippen molar-refractivity contribution >= 4 is 0 Å². The van der Waals surface area contributed by atoms with Crippen LogP contribution >= 0.6 is 0 Å². The van der Waals surface area contributed by atoms with Crippen molar-refractivity contribution in [2.24, 2.45) is 0 Å². The van der Waals surface area contributed by atoms with E-state index in [1.807, 2.05) is 55.6 Å². The fourth-order valence-electron chi connectivity index (χ4n) is 4.33.